The van der Waals surface area contributed by atoms with Crippen LogP contribution < -0.4 is 0 Å². The Labute approximate surface area is 42.1 Å². The van der Waals surface area contributed by atoms with E-state index >= 15 is 0 Å². The summed E-state index contributed by atoms with van der Waals surface area (Å²) >= 11 is 0. The summed E-state index contributed by atoms with van der Waals surface area (Å²) in [6.45, 7) is 0. The summed E-state index contributed by atoms with van der Waals surface area (Å²) in [7, 11) is 3.07. The molecule has 1 amide bonds. The third kappa shape index (κ3) is 1.77. The molecule has 0 rings (SSSR count). The summed E-state index contributed by atoms with van der Waals surface area (Å²) in [6, 6.07) is 1.45. The molecule has 0 spiro atoms. The molecule has 0 N–H and O–H groups in total. The van der Waals surface area contributed by atoms with Crippen molar-refractivity contribution in [2.45, 2.75) is 0 Å². The molecule has 38 valence electrons. The standard InChI is InChI=1S/C4H6N2O/c1-6(2)4(7)3-5/h1-2H3. The van der Waals surface area contributed by atoms with Crippen LogP contribution in [0.15, 0.2) is 0 Å². The van der Waals surface area contributed by atoms with Crippen molar-refractivity contribution in [1.29, 1.82) is 5.26 Å². The van der Waals surface area contributed by atoms with Gasteiger partial charge in [0.25, 0.3) is 0 Å². The van der Waals surface area contributed by atoms with E-state index < -0.39 is 5.91 Å². The highest BCUT2D eigenvalue weighted by Crippen LogP contribution is 1.70. The van der Waals surface area contributed by atoms with Crippen LogP contribution in [0.4, 0.5) is 0 Å². The summed E-state index contributed by atoms with van der Waals surface area (Å²) in [6.07, 6.45) is 0. The zero-order chi connectivity index (χ0) is 5.86. The first-order valence-corrected chi connectivity index (χ1v) is 1.80. The summed E-state index contributed by atoms with van der Waals surface area (Å²) in [4.78, 5) is 11.3. The van der Waals surface area contributed by atoms with Crippen molar-refractivity contribution in [2.75, 3.05) is 14.1 Å². The van der Waals surface area contributed by atoms with Crippen LogP contribution in [0.5, 0.6) is 0 Å². The maximum atomic E-state index is 10.1. The number of carbonyl (C=O) groups excluding carboxylic acids is 1. The molecule has 0 aliphatic heterocycles. The van der Waals surface area contributed by atoms with Gasteiger partial charge in [0.15, 0.2) is 6.07 Å². The van der Waals surface area contributed by atoms with Crippen LogP contribution >= 0.6 is 0 Å². The van der Waals surface area contributed by atoms with Crippen molar-refractivity contribution in [3.8, 4) is 6.07 Å². The van der Waals surface area contributed by atoms with E-state index in [2.05, 4.69) is 0 Å². The Morgan fingerprint density at radius 3 is 2.14 bits per heavy atom. The second kappa shape index (κ2) is 2.19. The molecule has 0 aromatic carbocycles. The molecule has 7 heavy (non-hydrogen) atoms. The fraction of sp³-hybridized carbons (Fsp3) is 0.500. The molecule has 0 saturated carbocycles. The van der Waals surface area contributed by atoms with E-state index in [0.717, 1.165) is 0 Å². The molecule has 0 fully saturated rings. The molecule has 0 unspecified atom stereocenters. The van der Waals surface area contributed by atoms with E-state index in [1.54, 1.807) is 0 Å². The maximum absolute atomic E-state index is 10.1. The Morgan fingerprint density at radius 1 is 1.71 bits per heavy atom. The van der Waals surface area contributed by atoms with Gasteiger partial charge in [-0.1, -0.05) is 0 Å². The van der Waals surface area contributed by atoms with Gasteiger partial charge >= 0.3 is 5.91 Å². The normalized spacial score (nSPS) is 7.00. The van der Waals surface area contributed by atoms with E-state index in [4.69, 9.17) is 5.26 Å². The van der Waals surface area contributed by atoms with Gasteiger partial charge in [-0.2, -0.15) is 5.26 Å². The lowest BCUT2D eigenvalue weighted by Gasteiger charge is -1.99. The van der Waals surface area contributed by atoms with Crippen molar-refractivity contribution in [3.63, 3.8) is 0 Å². The molecule has 0 aliphatic carbocycles. The Hall–Kier alpha value is -1.04. The molecular formula is C4H6N2O. The lowest BCUT2D eigenvalue weighted by molar-refractivity contribution is -0.122. The van der Waals surface area contributed by atoms with Crippen molar-refractivity contribution in [2.24, 2.45) is 0 Å². The summed E-state index contributed by atoms with van der Waals surface area (Å²) < 4.78 is 0. The minimum absolute atomic E-state index is 0.514. The van der Waals surface area contributed by atoms with Crippen LogP contribution in [0.3, 0.4) is 0 Å². The van der Waals surface area contributed by atoms with Crippen LogP contribution in [0, 0.1) is 11.3 Å². The zero-order valence-corrected chi connectivity index (χ0v) is 4.30. The van der Waals surface area contributed by atoms with Gasteiger partial charge in [-0.3, -0.25) is 4.79 Å². The van der Waals surface area contributed by atoms with Gasteiger partial charge < -0.3 is 4.90 Å². The van der Waals surface area contributed by atoms with Gasteiger partial charge in [-0.25, -0.2) is 0 Å². The highest BCUT2D eigenvalue weighted by Gasteiger charge is 1.96. The number of nitrogens with zero attached hydrogens (tertiary/aromatic N) is 2. The molecule has 0 aromatic rings. The van der Waals surface area contributed by atoms with Gasteiger partial charge in [-0.15, -0.1) is 0 Å². The van der Waals surface area contributed by atoms with Crippen LogP contribution in [-0.4, -0.2) is 24.9 Å². The van der Waals surface area contributed by atoms with Crippen molar-refractivity contribution < 1.29 is 4.79 Å². The Bertz CT molecular complexity index is 111. The van der Waals surface area contributed by atoms with Gasteiger partial charge in [0.1, 0.15) is 0 Å². The first-order valence-electron chi connectivity index (χ1n) is 1.80. The first-order chi connectivity index (χ1) is 3.18. The second-order valence-corrected chi connectivity index (χ2v) is 1.31. The minimum atomic E-state index is -0.514. The number of hydrogen-bond donors (Lipinski definition) is 0. The molecule has 0 saturated heterocycles. The molecule has 0 atom stereocenters. The van der Waals surface area contributed by atoms with E-state index in [9.17, 15) is 4.79 Å². The van der Waals surface area contributed by atoms with Crippen molar-refractivity contribution in [1.82, 2.24) is 4.90 Å². The minimum Gasteiger partial charge on any atom is -0.336 e. The largest absolute Gasteiger partial charge is 0.336 e. The van der Waals surface area contributed by atoms with E-state index in [0.29, 0.717) is 0 Å². The number of rotatable bonds is 0. The third-order valence-corrected chi connectivity index (χ3v) is 0.502. The predicted octanol–water partition coefficient (Wildman–Crippen LogP) is -0.402. The molecule has 0 heterocycles. The summed E-state index contributed by atoms with van der Waals surface area (Å²) in [5, 5.41) is 7.86. The summed E-state index contributed by atoms with van der Waals surface area (Å²) in [5.41, 5.74) is 0. The Balaban J connectivity index is 3.64. The van der Waals surface area contributed by atoms with E-state index in [1.165, 1.54) is 25.1 Å². The lowest BCUT2D eigenvalue weighted by Crippen LogP contribution is -2.18. The average molecular weight is 98.1 g/mol. The predicted molar refractivity (Wildman–Crippen MR) is 24.3 cm³/mol. The smallest absolute Gasteiger partial charge is 0.324 e. The van der Waals surface area contributed by atoms with Crippen molar-refractivity contribution >= 4 is 5.91 Å². The Morgan fingerprint density at radius 2 is 2.14 bits per heavy atom. The zero-order valence-electron chi connectivity index (χ0n) is 4.30. The molecule has 0 bridgehead atoms. The highest BCUT2D eigenvalue weighted by molar-refractivity contribution is 5.90. The molecule has 0 radical (unpaired) electrons. The second-order valence-electron chi connectivity index (χ2n) is 1.31. The van der Waals surface area contributed by atoms with Crippen LogP contribution in [-0.2, 0) is 4.79 Å². The number of amides is 1. The molecule has 0 aromatic heterocycles. The quantitative estimate of drug-likeness (QED) is 0.387. The lowest BCUT2D eigenvalue weighted by atomic mass is 10.6. The fourth-order valence-corrected chi connectivity index (χ4v) is 0.100. The number of hydrogen-bond acceptors (Lipinski definition) is 2. The topological polar surface area (TPSA) is 44.1 Å². The van der Waals surface area contributed by atoms with E-state index in [1.807, 2.05) is 0 Å². The van der Waals surface area contributed by atoms with Crippen LogP contribution in [0.1, 0.15) is 0 Å². The van der Waals surface area contributed by atoms with Crippen LogP contribution in [0.2, 0.25) is 0 Å². The SMILES string of the molecule is CN(C)C(=O)C#N. The average Bonchev–Trinajstić information content (AvgIpc) is 1.65. The number of carbonyl (C=O) groups is 1. The Kier molecular flexibility index (Phi) is 1.86. The monoisotopic (exact) mass is 98.0 g/mol. The van der Waals surface area contributed by atoms with E-state index in [-0.39, 0.29) is 0 Å². The van der Waals surface area contributed by atoms with Crippen LogP contribution in [0.25, 0.3) is 0 Å². The first kappa shape index (κ1) is 5.96. The van der Waals surface area contributed by atoms with Gasteiger partial charge in [-0.05, 0) is 0 Å². The van der Waals surface area contributed by atoms with Gasteiger partial charge in [0, 0.05) is 14.1 Å². The third-order valence-electron chi connectivity index (χ3n) is 0.502. The molecule has 3 nitrogen and oxygen atoms in total. The maximum Gasteiger partial charge on any atom is 0.324 e. The molecular weight excluding hydrogens is 92.1 g/mol. The van der Waals surface area contributed by atoms with Gasteiger partial charge in [0.2, 0.25) is 0 Å². The van der Waals surface area contributed by atoms with Gasteiger partial charge in [0.05, 0.1) is 0 Å². The van der Waals surface area contributed by atoms with Crippen molar-refractivity contribution in [3.05, 3.63) is 0 Å². The fourth-order valence-electron chi connectivity index (χ4n) is 0.100. The molecule has 3 heteroatoms. The molecule has 0 aliphatic rings. The number of nitriles is 1. The summed E-state index contributed by atoms with van der Waals surface area (Å²) in [5.74, 6) is -0.514. The highest BCUT2D eigenvalue weighted by atomic mass is 16.2.